The fourth-order valence-electron chi connectivity index (χ4n) is 3.93. The number of anilines is 1. The molecule has 0 unspecified atom stereocenters. The first-order valence-corrected chi connectivity index (χ1v) is 12.4. The van der Waals surface area contributed by atoms with Crippen molar-refractivity contribution in [3.8, 4) is 0 Å². The topological polar surface area (TPSA) is 70.4 Å². The number of pyridine rings is 1. The molecule has 0 bridgehead atoms. The summed E-state index contributed by atoms with van der Waals surface area (Å²) in [5, 5.41) is 0. The second kappa shape index (κ2) is 10.3. The number of aromatic nitrogens is 2. The molecule has 4 heterocycles. The molecule has 2 aliphatic heterocycles. The summed E-state index contributed by atoms with van der Waals surface area (Å²) in [6.07, 6.45) is 4.17. The SMILES string of the molecule is CCOCCCN1C(=O)C(=Cc2c(N3CCN(C)CC3)nc3ccc(C)cn3c2=O)SC1=S. The van der Waals surface area contributed by atoms with Crippen molar-refractivity contribution in [3.05, 3.63) is 44.7 Å². The van der Waals surface area contributed by atoms with Crippen molar-refractivity contribution in [1.29, 1.82) is 0 Å². The second-order valence-corrected chi connectivity index (χ2v) is 9.94. The number of aryl methyl sites for hydroxylation is 1. The van der Waals surface area contributed by atoms with Crippen LogP contribution in [-0.2, 0) is 9.53 Å². The second-order valence-electron chi connectivity index (χ2n) is 8.26. The van der Waals surface area contributed by atoms with Gasteiger partial charge in [-0.1, -0.05) is 30.0 Å². The average molecular weight is 488 g/mol. The third-order valence-electron chi connectivity index (χ3n) is 5.81. The lowest BCUT2D eigenvalue weighted by molar-refractivity contribution is -0.122. The van der Waals surface area contributed by atoms with Gasteiger partial charge in [-0.15, -0.1) is 0 Å². The van der Waals surface area contributed by atoms with E-state index in [0.717, 1.165) is 31.7 Å². The number of ether oxygens (including phenoxy) is 1. The summed E-state index contributed by atoms with van der Waals surface area (Å²) < 4.78 is 7.45. The number of hydrogen-bond acceptors (Lipinski definition) is 8. The smallest absolute Gasteiger partial charge is 0.267 e. The number of likely N-dealkylation sites (N-methyl/N-ethyl adjacent to an activating group) is 1. The molecule has 4 rings (SSSR count). The van der Waals surface area contributed by atoms with Gasteiger partial charge in [0.2, 0.25) is 0 Å². The third-order valence-corrected chi connectivity index (χ3v) is 7.19. The highest BCUT2D eigenvalue weighted by atomic mass is 32.2. The molecule has 2 aromatic rings. The van der Waals surface area contributed by atoms with Gasteiger partial charge in [-0.3, -0.25) is 18.9 Å². The largest absolute Gasteiger partial charge is 0.382 e. The number of thioether (sulfide) groups is 1. The molecule has 2 fully saturated rings. The fraction of sp³-hybridized carbons (Fsp3) is 0.478. The zero-order valence-corrected chi connectivity index (χ0v) is 20.9. The highest BCUT2D eigenvalue weighted by molar-refractivity contribution is 8.26. The Morgan fingerprint density at radius 1 is 1.21 bits per heavy atom. The standard InChI is InChI=1S/C23H29N5O3S2/c1-4-31-13-5-8-27-22(30)18(33-23(27)32)14-17-20(26-11-9-25(3)10-12-26)24-19-7-6-16(2)15-28(19)21(17)29/h6-7,14-15H,4-5,8-13H2,1-3H3. The molecule has 0 aromatic carbocycles. The monoisotopic (exact) mass is 487 g/mol. The Kier molecular flexibility index (Phi) is 7.48. The number of hydrogen-bond donors (Lipinski definition) is 0. The van der Waals surface area contributed by atoms with Crippen molar-refractivity contribution in [2.24, 2.45) is 0 Å². The molecule has 1 amide bonds. The number of amides is 1. The highest BCUT2D eigenvalue weighted by Gasteiger charge is 2.32. The maximum absolute atomic E-state index is 13.6. The molecule has 10 heteroatoms. The normalized spacial score (nSPS) is 18.8. The Morgan fingerprint density at radius 3 is 2.70 bits per heavy atom. The Labute approximate surface area is 203 Å². The van der Waals surface area contributed by atoms with Crippen LogP contribution in [0.15, 0.2) is 28.0 Å². The van der Waals surface area contributed by atoms with Gasteiger partial charge in [0.05, 0.1) is 10.5 Å². The molecule has 0 N–H and O–H groups in total. The number of carbonyl (C=O) groups is 1. The molecule has 33 heavy (non-hydrogen) atoms. The molecule has 176 valence electrons. The van der Waals surface area contributed by atoms with Crippen molar-refractivity contribution in [1.82, 2.24) is 19.2 Å². The van der Waals surface area contributed by atoms with Gasteiger partial charge in [0, 0.05) is 52.1 Å². The quantitative estimate of drug-likeness (QED) is 0.335. The summed E-state index contributed by atoms with van der Waals surface area (Å²) in [7, 11) is 2.08. The molecule has 8 nitrogen and oxygen atoms in total. The van der Waals surface area contributed by atoms with Crippen LogP contribution < -0.4 is 10.5 Å². The van der Waals surface area contributed by atoms with Crippen LogP contribution in [0.25, 0.3) is 11.7 Å². The van der Waals surface area contributed by atoms with Crippen molar-refractivity contribution in [2.45, 2.75) is 20.3 Å². The van der Waals surface area contributed by atoms with Crippen LogP contribution in [0.2, 0.25) is 0 Å². The first kappa shape index (κ1) is 23.9. The molecule has 0 spiro atoms. The molecule has 2 aromatic heterocycles. The highest BCUT2D eigenvalue weighted by Crippen LogP contribution is 2.33. The van der Waals surface area contributed by atoms with Crippen molar-refractivity contribution < 1.29 is 9.53 Å². The van der Waals surface area contributed by atoms with E-state index in [9.17, 15) is 9.59 Å². The van der Waals surface area contributed by atoms with Crippen LogP contribution in [0.1, 0.15) is 24.5 Å². The number of fused-ring (bicyclic) bond motifs is 1. The Morgan fingerprint density at radius 2 is 1.97 bits per heavy atom. The first-order valence-electron chi connectivity index (χ1n) is 11.2. The maximum atomic E-state index is 13.6. The molecule has 0 saturated carbocycles. The average Bonchev–Trinajstić information content (AvgIpc) is 3.06. The summed E-state index contributed by atoms with van der Waals surface area (Å²) in [6.45, 7) is 8.91. The van der Waals surface area contributed by atoms with Gasteiger partial charge in [0.1, 0.15) is 15.8 Å². The lowest BCUT2D eigenvalue weighted by Crippen LogP contribution is -2.45. The van der Waals surface area contributed by atoms with Crippen LogP contribution in [0, 0.1) is 6.92 Å². The van der Waals surface area contributed by atoms with Crippen LogP contribution in [0.3, 0.4) is 0 Å². The summed E-state index contributed by atoms with van der Waals surface area (Å²) in [6, 6.07) is 3.81. The Hall–Kier alpha value is -2.27. The minimum Gasteiger partial charge on any atom is -0.382 e. The van der Waals surface area contributed by atoms with E-state index in [-0.39, 0.29) is 11.5 Å². The number of nitrogens with zero attached hydrogens (tertiary/aromatic N) is 5. The van der Waals surface area contributed by atoms with E-state index in [2.05, 4.69) is 16.8 Å². The van der Waals surface area contributed by atoms with Crippen LogP contribution in [0.4, 0.5) is 5.82 Å². The fourth-order valence-corrected chi connectivity index (χ4v) is 5.22. The molecular weight excluding hydrogens is 458 g/mol. The lowest BCUT2D eigenvalue weighted by atomic mass is 10.2. The molecule has 0 atom stereocenters. The van der Waals surface area contributed by atoms with Crippen molar-refractivity contribution >= 4 is 51.7 Å². The molecule has 0 radical (unpaired) electrons. The van der Waals surface area contributed by atoms with Gasteiger partial charge in [-0.05, 0) is 45.0 Å². The summed E-state index contributed by atoms with van der Waals surface area (Å²) in [5.41, 5.74) is 1.81. The predicted octanol–water partition coefficient (Wildman–Crippen LogP) is 2.38. The van der Waals surface area contributed by atoms with Gasteiger partial charge in [-0.2, -0.15) is 0 Å². The van der Waals surface area contributed by atoms with Crippen LogP contribution in [0.5, 0.6) is 0 Å². The van der Waals surface area contributed by atoms with E-state index in [1.54, 1.807) is 21.6 Å². The zero-order valence-electron chi connectivity index (χ0n) is 19.2. The summed E-state index contributed by atoms with van der Waals surface area (Å²) >= 11 is 6.70. The zero-order chi connectivity index (χ0) is 23.5. The first-order chi connectivity index (χ1) is 15.9. The van der Waals surface area contributed by atoms with Gasteiger partial charge in [0.15, 0.2) is 0 Å². The number of rotatable bonds is 7. The molecule has 2 saturated heterocycles. The minimum absolute atomic E-state index is 0.167. The summed E-state index contributed by atoms with van der Waals surface area (Å²) in [5.74, 6) is 0.457. The van der Waals surface area contributed by atoms with Crippen LogP contribution >= 0.6 is 24.0 Å². The Balaban J connectivity index is 1.72. The number of piperazine rings is 1. The number of thiocarbonyl (C=S) groups is 1. The third kappa shape index (κ3) is 5.13. The van der Waals surface area contributed by atoms with E-state index >= 15 is 0 Å². The minimum atomic E-state index is -0.181. The lowest BCUT2D eigenvalue weighted by Gasteiger charge is -2.34. The van der Waals surface area contributed by atoms with E-state index < -0.39 is 0 Å². The molecule has 0 aliphatic carbocycles. The van der Waals surface area contributed by atoms with E-state index in [1.165, 1.54) is 11.8 Å². The summed E-state index contributed by atoms with van der Waals surface area (Å²) in [4.78, 5) is 37.9. The van der Waals surface area contributed by atoms with Crippen molar-refractivity contribution in [2.75, 3.05) is 57.9 Å². The van der Waals surface area contributed by atoms with Gasteiger partial charge >= 0.3 is 0 Å². The van der Waals surface area contributed by atoms with Crippen molar-refractivity contribution in [3.63, 3.8) is 0 Å². The van der Waals surface area contributed by atoms with E-state index in [1.807, 2.05) is 26.0 Å². The predicted molar refractivity (Wildman–Crippen MR) is 137 cm³/mol. The van der Waals surface area contributed by atoms with Crippen LogP contribution in [-0.4, -0.2) is 82.4 Å². The molecule has 2 aliphatic rings. The van der Waals surface area contributed by atoms with Gasteiger partial charge in [0.25, 0.3) is 11.5 Å². The number of carbonyl (C=O) groups excluding carboxylic acids is 1. The van der Waals surface area contributed by atoms with E-state index in [4.69, 9.17) is 21.9 Å². The maximum Gasteiger partial charge on any atom is 0.267 e. The Bertz CT molecular complexity index is 1150. The molecular formula is C23H29N5O3S2. The van der Waals surface area contributed by atoms with Gasteiger partial charge < -0.3 is 14.5 Å². The van der Waals surface area contributed by atoms with E-state index in [0.29, 0.717) is 52.4 Å². The van der Waals surface area contributed by atoms with Gasteiger partial charge in [-0.25, -0.2) is 4.98 Å².